The van der Waals surface area contributed by atoms with Crippen molar-refractivity contribution in [2.45, 2.75) is 20.8 Å². The first-order chi connectivity index (χ1) is 6.63. The van der Waals surface area contributed by atoms with Gasteiger partial charge in [-0.1, -0.05) is 26.5 Å². The van der Waals surface area contributed by atoms with Crippen molar-refractivity contribution in [3.8, 4) is 0 Å². The predicted molar refractivity (Wildman–Crippen MR) is 62.2 cm³/mol. The van der Waals surface area contributed by atoms with E-state index in [0.29, 0.717) is 11.8 Å². The van der Waals surface area contributed by atoms with Gasteiger partial charge >= 0.3 is 0 Å². The summed E-state index contributed by atoms with van der Waals surface area (Å²) < 4.78 is 0. The van der Waals surface area contributed by atoms with E-state index in [1.54, 1.807) is 6.21 Å². The summed E-state index contributed by atoms with van der Waals surface area (Å²) in [6.45, 7) is 9.63. The highest BCUT2D eigenvalue weighted by atomic mass is 15.0. The highest BCUT2D eigenvalue weighted by Gasteiger charge is 2.08. The molecule has 0 aromatic heterocycles. The number of hydrogen-bond donors (Lipinski definition) is 0. The Hall–Kier alpha value is -1.51. The lowest BCUT2D eigenvalue weighted by atomic mass is 10.1. The van der Waals surface area contributed by atoms with Gasteiger partial charge in [-0.2, -0.15) is 0 Å². The van der Waals surface area contributed by atoms with Crippen LogP contribution in [0.1, 0.15) is 20.8 Å². The van der Waals surface area contributed by atoms with Crippen LogP contribution in [-0.4, -0.2) is 17.9 Å². The van der Waals surface area contributed by atoms with E-state index in [4.69, 9.17) is 0 Å². The third-order valence-electron chi connectivity index (χ3n) is 1.64. The quantitative estimate of drug-likeness (QED) is 0.640. The zero-order valence-corrected chi connectivity index (χ0v) is 8.86. The first-order valence-corrected chi connectivity index (χ1v) is 4.63. The van der Waals surface area contributed by atoms with Crippen molar-refractivity contribution in [3.63, 3.8) is 0 Å². The molecule has 74 valence electrons. The average molecular weight is 189 g/mol. The van der Waals surface area contributed by atoms with Gasteiger partial charge in [0.2, 0.25) is 0 Å². The second-order valence-electron chi connectivity index (χ2n) is 3.42. The maximum absolute atomic E-state index is 4.24. The van der Waals surface area contributed by atoms with Gasteiger partial charge in [0.05, 0.1) is 0 Å². The molecule has 1 aliphatic rings. The highest BCUT2D eigenvalue weighted by molar-refractivity contribution is 6.23. The van der Waals surface area contributed by atoms with E-state index >= 15 is 0 Å². The van der Waals surface area contributed by atoms with E-state index in [1.165, 1.54) is 6.20 Å². The number of rotatable bonds is 2. The first kappa shape index (κ1) is 10.6. The van der Waals surface area contributed by atoms with Crippen LogP contribution in [0.2, 0.25) is 0 Å². The van der Waals surface area contributed by atoms with E-state index in [0.717, 1.165) is 11.4 Å². The fraction of sp³-hybridized carbons (Fsp3) is 0.364. The van der Waals surface area contributed by atoms with Gasteiger partial charge in [0.25, 0.3) is 0 Å². The van der Waals surface area contributed by atoms with Crippen LogP contribution in [0, 0.1) is 5.92 Å². The summed E-state index contributed by atoms with van der Waals surface area (Å²) >= 11 is 0. The molecule has 0 amide bonds. The van der Waals surface area contributed by atoms with Gasteiger partial charge < -0.3 is 0 Å². The second-order valence-corrected chi connectivity index (χ2v) is 3.42. The molecular weight excluding hydrogens is 174 g/mol. The third-order valence-corrected chi connectivity index (χ3v) is 1.64. The van der Waals surface area contributed by atoms with Gasteiger partial charge in [0, 0.05) is 18.0 Å². The van der Waals surface area contributed by atoms with E-state index in [9.17, 15) is 0 Å². The zero-order chi connectivity index (χ0) is 10.6. The molecule has 1 rings (SSSR count). The Morgan fingerprint density at radius 2 is 2.21 bits per heavy atom. The largest absolute Gasteiger partial charge is 0.241 e. The minimum Gasteiger partial charge on any atom is -0.241 e. The van der Waals surface area contributed by atoms with Crippen molar-refractivity contribution in [2.75, 3.05) is 0 Å². The van der Waals surface area contributed by atoms with Gasteiger partial charge in [0.1, 0.15) is 5.84 Å². The van der Waals surface area contributed by atoms with Gasteiger partial charge in [-0.15, -0.1) is 0 Å². The summed E-state index contributed by atoms with van der Waals surface area (Å²) in [6, 6.07) is 0. The Balaban J connectivity index is 3.04. The third kappa shape index (κ3) is 2.76. The molecule has 0 saturated heterocycles. The summed E-state index contributed by atoms with van der Waals surface area (Å²) in [7, 11) is 0. The van der Waals surface area contributed by atoms with Crippen LogP contribution < -0.4 is 0 Å². The van der Waals surface area contributed by atoms with Gasteiger partial charge in [-0.3, -0.25) is 0 Å². The van der Waals surface area contributed by atoms with Crippen molar-refractivity contribution in [3.05, 3.63) is 24.4 Å². The standard InChI is InChI=1S/C11H15N3/c1-5-12-11-10(6-8(2)3)7-13-9(4)14-11/h5-8H,1H2,2-4H3/b10-6-,12-11?. The smallest absolute Gasteiger partial charge is 0.162 e. The molecule has 0 fully saturated rings. The Labute approximate surface area is 84.7 Å². The van der Waals surface area contributed by atoms with Crippen molar-refractivity contribution in [1.29, 1.82) is 0 Å². The molecule has 3 heteroatoms. The molecule has 14 heavy (non-hydrogen) atoms. The molecule has 0 aliphatic carbocycles. The SMILES string of the molecule is C=CN=C1N=C(C)N=C/C1=C/C(C)C. The molecule has 1 heterocycles. The summed E-state index contributed by atoms with van der Waals surface area (Å²) in [5, 5.41) is 0. The molecule has 0 atom stereocenters. The maximum Gasteiger partial charge on any atom is 0.162 e. The lowest BCUT2D eigenvalue weighted by Crippen LogP contribution is -2.10. The van der Waals surface area contributed by atoms with E-state index in [2.05, 4.69) is 41.5 Å². The lowest BCUT2D eigenvalue weighted by molar-refractivity contribution is 0.830. The van der Waals surface area contributed by atoms with Crippen molar-refractivity contribution >= 4 is 17.9 Å². The van der Waals surface area contributed by atoms with Crippen LogP contribution in [-0.2, 0) is 0 Å². The second kappa shape index (κ2) is 4.65. The van der Waals surface area contributed by atoms with Crippen LogP contribution in [0.5, 0.6) is 0 Å². The maximum atomic E-state index is 4.24. The van der Waals surface area contributed by atoms with E-state index < -0.39 is 0 Å². The molecule has 3 nitrogen and oxygen atoms in total. The normalized spacial score (nSPS) is 21.9. The van der Waals surface area contributed by atoms with E-state index in [-0.39, 0.29) is 0 Å². The molecule has 1 aliphatic heterocycles. The van der Waals surface area contributed by atoms with Crippen molar-refractivity contribution < 1.29 is 0 Å². The van der Waals surface area contributed by atoms with Crippen LogP contribution >= 0.6 is 0 Å². The fourth-order valence-corrected chi connectivity index (χ4v) is 1.13. The van der Waals surface area contributed by atoms with E-state index in [1.807, 2.05) is 6.92 Å². The molecule has 0 radical (unpaired) electrons. The van der Waals surface area contributed by atoms with Gasteiger partial charge in [-0.05, 0) is 12.8 Å². The monoisotopic (exact) mass is 189 g/mol. The first-order valence-electron chi connectivity index (χ1n) is 4.63. The molecular formula is C11H15N3. The average Bonchev–Trinajstić information content (AvgIpc) is 2.09. The topological polar surface area (TPSA) is 37.1 Å². The summed E-state index contributed by atoms with van der Waals surface area (Å²) in [4.78, 5) is 12.5. The summed E-state index contributed by atoms with van der Waals surface area (Å²) in [5.74, 6) is 1.88. The molecule has 0 N–H and O–H groups in total. The molecule has 0 aromatic carbocycles. The minimum atomic E-state index is 0.458. The Kier molecular flexibility index (Phi) is 3.51. The highest BCUT2D eigenvalue weighted by Crippen LogP contribution is 2.08. The summed E-state index contributed by atoms with van der Waals surface area (Å²) in [6.07, 6.45) is 5.38. The predicted octanol–water partition coefficient (Wildman–Crippen LogP) is 2.61. The van der Waals surface area contributed by atoms with Gasteiger partial charge in [0.15, 0.2) is 5.84 Å². The molecule has 0 unspecified atom stereocenters. The Morgan fingerprint density at radius 3 is 2.79 bits per heavy atom. The van der Waals surface area contributed by atoms with Crippen LogP contribution in [0.4, 0.5) is 0 Å². The van der Waals surface area contributed by atoms with Crippen LogP contribution in [0.15, 0.2) is 39.4 Å². The lowest BCUT2D eigenvalue weighted by Gasteiger charge is -2.08. The Morgan fingerprint density at radius 1 is 1.50 bits per heavy atom. The van der Waals surface area contributed by atoms with Crippen LogP contribution in [0.3, 0.4) is 0 Å². The van der Waals surface area contributed by atoms with Crippen molar-refractivity contribution in [2.24, 2.45) is 20.9 Å². The number of allylic oxidation sites excluding steroid dienone is 1. The fourth-order valence-electron chi connectivity index (χ4n) is 1.13. The van der Waals surface area contributed by atoms with Crippen LogP contribution in [0.25, 0.3) is 0 Å². The minimum absolute atomic E-state index is 0.458. The van der Waals surface area contributed by atoms with Crippen molar-refractivity contribution in [1.82, 2.24) is 0 Å². The number of nitrogens with zero attached hydrogens (tertiary/aromatic N) is 3. The summed E-state index contributed by atoms with van der Waals surface area (Å²) in [5.41, 5.74) is 0.963. The van der Waals surface area contributed by atoms with Gasteiger partial charge in [-0.25, -0.2) is 15.0 Å². The molecule has 0 spiro atoms. The Bertz CT molecular complexity index is 344. The molecule has 0 saturated carbocycles. The number of aliphatic imine (C=N–C) groups is 3. The number of hydrogen-bond acceptors (Lipinski definition) is 2. The number of amidine groups is 2. The molecule has 0 aromatic rings. The zero-order valence-electron chi connectivity index (χ0n) is 8.86. The molecule has 0 bridgehead atoms.